The maximum Gasteiger partial charge on any atom is -1.00 e. The van der Waals surface area contributed by atoms with Gasteiger partial charge in [-0.3, -0.25) is 0 Å². The Morgan fingerprint density at radius 3 is 1.93 bits per heavy atom. The summed E-state index contributed by atoms with van der Waals surface area (Å²) in [4.78, 5) is 0. The molecule has 0 radical (unpaired) electrons. The maximum atomic E-state index is 2.82. The molecule has 0 heterocycles. The van der Waals surface area contributed by atoms with Crippen LogP contribution in [0.1, 0.15) is 123 Å². The summed E-state index contributed by atoms with van der Waals surface area (Å²) in [6.45, 7) is 19.4. The van der Waals surface area contributed by atoms with Crippen LogP contribution >= 0.6 is 0 Å². The molecule has 3 heteroatoms. The van der Waals surface area contributed by atoms with Crippen molar-refractivity contribution >= 4 is 6.48 Å². The van der Waals surface area contributed by atoms with Gasteiger partial charge in [-0.1, -0.05) is 0 Å². The summed E-state index contributed by atoms with van der Waals surface area (Å²) in [6.07, 6.45) is 17.0. The minimum atomic E-state index is -2.28. The van der Waals surface area contributed by atoms with Gasteiger partial charge in [0.25, 0.3) is 0 Å². The fourth-order valence-electron chi connectivity index (χ4n) is 9.92. The summed E-state index contributed by atoms with van der Waals surface area (Å²) in [7, 11) is 0. The van der Waals surface area contributed by atoms with Crippen molar-refractivity contribution in [3.05, 3.63) is 73.6 Å². The summed E-state index contributed by atoms with van der Waals surface area (Å²) in [6, 6.07) is 12.4. The maximum absolute atomic E-state index is 2.82. The van der Waals surface area contributed by atoms with Crippen molar-refractivity contribution in [3.8, 4) is 11.1 Å². The fraction of sp³-hybridized carbons (Fsp3) is 0.564. The number of hydrogen-bond donors (Lipinski definition) is 0. The Morgan fingerprint density at radius 1 is 0.786 bits per heavy atom. The van der Waals surface area contributed by atoms with E-state index in [-0.39, 0.29) is 35.6 Å². The third-order valence-corrected chi connectivity index (χ3v) is 18.9. The Bertz CT molecular complexity index is 1460. The van der Waals surface area contributed by atoms with E-state index in [1.54, 1.807) is 25.5 Å². The summed E-state index contributed by atoms with van der Waals surface area (Å²) >= 11 is -2.28. The van der Waals surface area contributed by atoms with Gasteiger partial charge < -0.3 is 24.8 Å². The molecule has 2 aromatic carbocycles. The summed E-state index contributed by atoms with van der Waals surface area (Å²) in [5.41, 5.74) is 12.0. The molecule has 224 valence electrons. The molecule has 0 amide bonds. The molecule has 0 saturated heterocycles. The molecule has 0 nitrogen and oxygen atoms in total. The van der Waals surface area contributed by atoms with Crippen LogP contribution in [0, 0.1) is 23.2 Å². The van der Waals surface area contributed by atoms with Crippen LogP contribution in [0.5, 0.6) is 0 Å². The molecule has 4 saturated carbocycles. The molecule has 0 atom stereocenters. The molecule has 6 aliphatic carbocycles. The van der Waals surface area contributed by atoms with E-state index in [1.807, 2.05) is 6.55 Å². The van der Waals surface area contributed by atoms with Gasteiger partial charge in [0, 0.05) is 0 Å². The zero-order valence-corrected chi connectivity index (χ0v) is 31.2. The first-order chi connectivity index (χ1) is 18.8. The molecule has 4 fully saturated rings. The molecule has 0 aliphatic heterocycles. The summed E-state index contributed by atoms with van der Waals surface area (Å²) < 4.78 is 5.43. The van der Waals surface area contributed by atoms with E-state index in [1.165, 1.54) is 61.6 Å². The number of hydrogen-bond acceptors (Lipinski definition) is 0. The quantitative estimate of drug-likeness (QED) is 0.396. The average molecular weight is 681 g/mol. The zero-order chi connectivity index (χ0) is 28.2. The summed E-state index contributed by atoms with van der Waals surface area (Å²) in [5, 5.41) is 0. The molecule has 2 aromatic rings. The second kappa shape index (κ2) is 11.2. The van der Waals surface area contributed by atoms with Gasteiger partial charge in [0.1, 0.15) is 0 Å². The molecule has 42 heavy (non-hydrogen) atoms. The van der Waals surface area contributed by atoms with Crippen molar-refractivity contribution in [2.24, 2.45) is 23.2 Å². The third kappa shape index (κ3) is 5.39. The monoisotopic (exact) mass is 678 g/mol. The van der Waals surface area contributed by atoms with Gasteiger partial charge in [0.05, 0.1) is 0 Å². The van der Waals surface area contributed by atoms with Crippen molar-refractivity contribution < 1.29 is 46.1 Å². The van der Waals surface area contributed by atoms with Crippen LogP contribution < -0.4 is 28.1 Å². The molecule has 8 rings (SSSR count). The normalized spacial score (nSPS) is 26.8. The number of rotatable bonds is 3. The van der Waals surface area contributed by atoms with Crippen molar-refractivity contribution in [1.29, 1.82) is 0 Å². The van der Waals surface area contributed by atoms with Crippen LogP contribution in [0.2, 0.25) is 0 Å². The van der Waals surface area contributed by atoms with Crippen LogP contribution in [0.25, 0.3) is 11.1 Å². The van der Waals surface area contributed by atoms with E-state index in [2.05, 4.69) is 97.9 Å². The van der Waals surface area contributed by atoms with Crippen LogP contribution in [0.15, 0.2) is 51.3 Å². The Balaban J connectivity index is 0.00000176. The third-order valence-electron chi connectivity index (χ3n) is 11.3. The van der Waals surface area contributed by atoms with E-state index >= 15 is 0 Å². The van der Waals surface area contributed by atoms with Gasteiger partial charge in [0.15, 0.2) is 0 Å². The van der Waals surface area contributed by atoms with E-state index in [9.17, 15) is 0 Å². The Labute approximate surface area is 276 Å². The summed E-state index contributed by atoms with van der Waals surface area (Å²) in [5.74, 6) is 3.05. The molecule has 0 N–H and O–H groups in total. The number of halogens is 2. The standard InChI is InChI=1S/C21H25.C15H19.C3H6.2ClH.Zr/c1-20(2,3)16-7-9-18-14(12-16)11-15-13-17(21(4,5)6)8-10-19(15)18;1-2-4-14(3-1)15-8-11-5-12(9-15)7-13(6-11)10-15;1-3-2;;;/h7-10,12H,11H2,1-6H3;3-4,11-13H,1,5-10H2;1-2H3;2*1H;/q;;;;;+2/p-2. The first kappa shape index (κ1) is 32.6. The molecular formula is C39H50Cl2Zr. The molecule has 0 spiro atoms. The topological polar surface area (TPSA) is 0 Å². The zero-order valence-electron chi connectivity index (χ0n) is 27.2. The van der Waals surface area contributed by atoms with Crippen molar-refractivity contribution in [3.63, 3.8) is 0 Å². The SMILES string of the molecule is C[C](C)=[Zr+2]([C]1=CC(C23CC4CC(CC(C4)C2)C3)=CC1)[c]1c(C(C)(C)C)ccc2c1Cc1cc(C(C)(C)C)ccc1-2.[Cl-].[Cl-]. The van der Waals surface area contributed by atoms with Gasteiger partial charge in [-0.25, -0.2) is 0 Å². The molecule has 0 unspecified atom stereocenters. The van der Waals surface area contributed by atoms with E-state index < -0.39 is 21.3 Å². The number of fused-ring (bicyclic) bond motifs is 3. The van der Waals surface area contributed by atoms with Gasteiger partial charge in [0.2, 0.25) is 0 Å². The molecular weight excluding hydrogens is 631 g/mol. The van der Waals surface area contributed by atoms with Crippen LogP contribution in [-0.4, -0.2) is 3.21 Å². The Kier molecular flexibility index (Phi) is 8.74. The molecule has 0 aromatic heterocycles. The van der Waals surface area contributed by atoms with E-state index in [4.69, 9.17) is 0 Å². The van der Waals surface area contributed by atoms with Crippen molar-refractivity contribution in [2.75, 3.05) is 0 Å². The van der Waals surface area contributed by atoms with Crippen molar-refractivity contribution in [1.82, 2.24) is 0 Å². The van der Waals surface area contributed by atoms with Gasteiger partial charge in [-0.15, -0.1) is 0 Å². The predicted molar refractivity (Wildman–Crippen MR) is 169 cm³/mol. The van der Waals surface area contributed by atoms with Crippen LogP contribution in [0.3, 0.4) is 0 Å². The fourth-order valence-corrected chi connectivity index (χ4v) is 18.1. The van der Waals surface area contributed by atoms with Gasteiger partial charge >= 0.3 is 253 Å². The van der Waals surface area contributed by atoms with Crippen molar-refractivity contribution in [2.45, 2.75) is 118 Å². The van der Waals surface area contributed by atoms with E-state index in [0.717, 1.165) is 24.2 Å². The number of benzene rings is 2. The van der Waals surface area contributed by atoms with E-state index in [0.29, 0.717) is 5.41 Å². The predicted octanol–water partition coefficient (Wildman–Crippen LogP) is 3.75. The molecule has 6 aliphatic rings. The first-order valence-corrected chi connectivity index (χ1v) is 19.9. The second-order valence-electron chi connectivity index (χ2n) is 16.7. The Hall–Kier alpha value is -0.747. The molecule has 4 bridgehead atoms. The van der Waals surface area contributed by atoms with Crippen LogP contribution in [0.4, 0.5) is 0 Å². The average Bonchev–Trinajstić information content (AvgIpc) is 3.47. The first-order valence-electron chi connectivity index (χ1n) is 16.2. The van der Waals surface area contributed by atoms with Crippen LogP contribution in [-0.2, 0) is 38.5 Å². The largest absolute Gasteiger partial charge is 1.00 e. The van der Waals surface area contributed by atoms with Gasteiger partial charge in [-0.05, 0) is 0 Å². The number of allylic oxidation sites excluding steroid dienone is 4. The minimum absolute atomic E-state index is 0. The second-order valence-corrected chi connectivity index (χ2v) is 23.8. The smallest absolute Gasteiger partial charge is 1.00 e. The van der Waals surface area contributed by atoms with Gasteiger partial charge in [-0.2, -0.15) is 0 Å². The Morgan fingerprint density at radius 2 is 1.38 bits per heavy atom. The minimum Gasteiger partial charge on any atom is -1.00 e.